The number of nitrogens with one attached hydrogen (secondary N) is 2. The van der Waals surface area contributed by atoms with Gasteiger partial charge in [-0.05, 0) is 18.2 Å². The van der Waals surface area contributed by atoms with Crippen molar-refractivity contribution in [3.8, 4) is 0 Å². The van der Waals surface area contributed by atoms with Crippen LogP contribution in [-0.2, 0) is 21.0 Å². The van der Waals surface area contributed by atoms with Crippen molar-refractivity contribution in [2.24, 2.45) is 0 Å². The van der Waals surface area contributed by atoms with Crippen LogP contribution in [0.4, 0.5) is 11.4 Å². The smallest absolute Gasteiger partial charge is 0.273 e. The maximum absolute atomic E-state index is 14.2. The first kappa shape index (κ1) is 22.3. The molecule has 3 heterocycles. The first-order valence-corrected chi connectivity index (χ1v) is 13.3. The van der Waals surface area contributed by atoms with Crippen molar-refractivity contribution in [1.29, 1.82) is 0 Å². The number of anilines is 2. The Balaban J connectivity index is 1.23. The average molecular weight is 487 g/mol. The minimum Gasteiger partial charge on any atom is -0.322 e. The number of hydrogen-bond acceptors (Lipinski definition) is 3. The molecule has 6 nitrogen and oxygen atoms in total. The number of amides is 2. The number of carbonyl (C=O) groups excluding carboxylic acids is 2. The van der Waals surface area contributed by atoms with Crippen molar-refractivity contribution in [1.82, 2.24) is 0 Å². The van der Waals surface area contributed by atoms with Crippen LogP contribution in [0.15, 0.2) is 84.9 Å². The summed E-state index contributed by atoms with van der Waals surface area (Å²) < 4.78 is 0. The van der Waals surface area contributed by atoms with Crippen molar-refractivity contribution >= 4 is 35.0 Å². The molecular formula is C28H30N4O2S+2. The van der Waals surface area contributed by atoms with Gasteiger partial charge < -0.3 is 9.80 Å². The molecule has 0 saturated carbocycles. The molecule has 3 aliphatic heterocycles. The summed E-state index contributed by atoms with van der Waals surface area (Å²) in [5.74, 6) is 0.290. The number of piperazine rings is 1. The van der Waals surface area contributed by atoms with Crippen LogP contribution in [0, 0.1) is 0 Å². The predicted octanol–water partition coefficient (Wildman–Crippen LogP) is 0.907. The zero-order chi connectivity index (χ0) is 23.8. The van der Waals surface area contributed by atoms with E-state index in [1.807, 2.05) is 59.5 Å². The molecule has 1 unspecified atom stereocenters. The highest BCUT2D eigenvalue weighted by molar-refractivity contribution is 8.02. The quantitative estimate of drug-likeness (QED) is 0.564. The summed E-state index contributed by atoms with van der Waals surface area (Å²) in [5.41, 5.74) is 4.02. The third-order valence-corrected chi connectivity index (χ3v) is 8.81. The van der Waals surface area contributed by atoms with Gasteiger partial charge in [-0.3, -0.25) is 19.4 Å². The Morgan fingerprint density at radius 2 is 1.40 bits per heavy atom. The van der Waals surface area contributed by atoms with Crippen LogP contribution in [0.2, 0.25) is 0 Å². The molecule has 1 spiro atoms. The monoisotopic (exact) mass is 486 g/mol. The van der Waals surface area contributed by atoms with Crippen molar-refractivity contribution in [3.05, 3.63) is 96.1 Å². The van der Waals surface area contributed by atoms with E-state index in [0.29, 0.717) is 12.4 Å². The maximum atomic E-state index is 14.2. The second-order valence-electron chi connectivity index (χ2n) is 9.57. The molecule has 1 atom stereocenters. The van der Waals surface area contributed by atoms with Gasteiger partial charge in [0, 0.05) is 16.8 Å². The van der Waals surface area contributed by atoms with Crippen LogP contribution in [0.1, 0.15) is 11.1 Å². The van der Waals surface area contributed by atoms with Crippen LogP contribution < -0.4 is 19.6 Å². The van der Waals surface area contributed by atoms with Gasteiger partial charge in [0.1, 0.15) is 32.7 Å². The van der Waals surface area contributed by atoms with E-state index < -0.39 is 4.87 Å². The van der Waals surface area contributed by atoms with Gasteiger partial charge in [0.15, 0.2) is 6.67 Å². The minimum absolute atomic E-state index is 0.00460. The van der Waals surface area contributed by atoms with E-state index in [9.17, 15) is 9.59 Å². The number of para-hydroxylation sites is 2. The number of thioether (sulfide) groups is 1. The Morgan fingerprint density at radius 3 is 2.14 bits per heavy atom. The number of carbonyl (C=O) groups is 2. The van der Waals surface area contributed by atoms with E-state index in [1.54, 1.807) is 9.80 Å². The van der Waals surface area contributed by atoms with Crippen LogP contribution in [0.5, 0.6) is 0 Å². The molecule has 0 radical (unpaired) electrons. The molecule has 3 aromatic carbocycles. The van der Waals surface area contributed by atoms with Gasteiger partial charge in [0.05, 0.1) is 11.4 Å². The third-order valence-electron chi connectivity index (χ3n) is 7.42. The van der Waals surface area contributed by atoms with Crippen LogP contribution >= 0.6 is 11.8 Å². The lowest BCUT2D eigenvalue weighted by atomic mass is 10.0. The standard InChI is InChI=1S/C28H28N4O2S/c33-26-20-35-28(32(26)23-11-5-2-6-12-23)24-13-7-8-14-25(24)31(27(28)34)21-30-17-15-29(16-18-30)19-22-9-3-1-4-10-22/h1-14H,15-21H2/p+2. The van der Waals surface area contributed by atoms with Crippen molar-refractivity contribution in [2.45, 2.75) is 11.4 Å². The van der Waals surface area contributed by atoms with Gasteiger partial charge >= 0.3 is 0 Å². The summed E-state index contributed by atoms with van der Waals surface area (Å²) in [6.07, 6.45) is 0. The molecule has 6 rings (SSSR count). The molecule has 35 heavy (non-hydrogen) atoms. The lowest BCUT2D eigenvalue weighted by Gasteiger charge is -2.34. The number of fused-ring (bicyclic) bond motifs is 2. The minimum atomic E-state index is -1.02. The van der Waals surface area contributed by atoms with Crippen LogP contribution in [-0.4, -0.2) is 50.4 Å². The number of nitrogens with zero attached hydrogens (tertiary/aromatic N) is 2. The molecule has 3 aliphatic rings. The summed E-state index contributed by atoms with van der Waals surface area (Å²) in [6, 6.07) is 28.3. The number of benzene rings is 3. The summed E-state index contributed by atoms with van der Waals surface area (Å²) in [4.78, 5) is 33.0. The SMILES string of the molecule is O=C1CSC2(C(=O)N(C[NH+]3CC[NH+](Cc4ccccc4)CC3)c3ccccc32)N1c1ccccc1. The van der Waals surface area contributed by atoms with Crippen molar-refractivity contribution < 1.29 is 19.4 Å². The Morgan fingerprint density at radius 1 is 0.771 bits per heavy atom. The fourth-order valence-electron chi connectivity index (χ4n) is 5.69. The Hall–Kier alpha value is -3.13. The van der Waals surface area contributed by atoms with Crippen molar-refractivity contribution in [3.63, 3.8) is 0 Å². The van der Waals surface area contributed by atoms with E-state index in [0.717, 1.165) is 49.7 Å². The topological polar surface area (TPSA) is 49.5 Å². The number of hydrogen-bond donors (Lipinski definition) is 2. The van der Waals surface area contributed by atoms with Crippen LogP contribution in [0.3, 0.4) is 0 Å². The fourth-order valence-corrected chi connectivity index (χ4v) is 7.05. The Kier molecular flexibility index (Phi) is 5.84. The molecule has 2 saturated heterocycles. The molecule has 2 fully saturated rings. The zero-order valence-corrected chi connectivity index (χ0v) is 20.5. The lowest BCUT2D eigenvalue weighted by molar-refractivity contribution is -1.02. The number of rotatable bonds is 5. The van der Waals surface area contributed by atoms with Crippen molar-refractivity contribution in [2.75, 3.05) is 48.4 Å². The summed E-state index contributed by atoms with van der Waals surface area (Å²) in [7, 11) is 0. The van der Waals surface area contributed by atoms with E-state index >= 15 is 0 Å². The highest BCUT2D eigenvalue weighted by Crippen LogP contribution is 2.55. The third kappa shape index (κ3) is 3.84. The molecule has 2 amide bonds. The molecule has 0 bridgehead atoms. The molecule has 0 aromatic heterocycles. The summed E-state index contributed by atoms with van der Waals surface area (Å²) >= 11 is 1.45. The van der Waals surface area contributed by atoms with Gasteiger partial charge in [0.25, 0.3) is 5.91 Å². The van der Waals surface area contributed by atoms with E-state index in [-0.39, 0.29) is 11.8 Å². The fraction of sp³-hybridized carbons (Fsp3) is 0.286. The van der Waals surface area contributed by atoms with E-state index in [2.05, 4.69) is 30.3 Å². The Labute approximate surface area is 210 Å². The Bertz CT molecular complexity index is 1230. The van der Waals surface area contributed by atoms with Crippen LogP contribution in [0.25, 0.3) is 0 Å². The summed E-state index contributed by atoms with van der Waals surface area (Å²) in [5, 5.41) is 0. The average Bonchev–Trinajstić information content (AvgIpc) is 3.37. The summed E-state index contributed by atoms with van der Waals surface area (Å²) in [6.45, 7) is 5.90. The second kappa shape index (κ2) is 9.15. The molecule has 7 heteroatoms. The molecule has 3 aromatic rings. The van der Waals surface area contributed by atoms with Gasteiger partial charge in [0.2, 0.25) is 10.8 Å². The molecular weight excluding hydrogens is 456 g/mol. The molecule has 0 aliphatic carbocycles. The largest absolute Gasteiger partial charge is 0.322 e. The van der Waals surface area contributed by atoms with Gasteiger partial charge in [-0.2, -0.15) is 0 Å². The lowest BCUT2D eigenvalue weighted by Crippen LogP contribution is -3.28. The normalized spacial score (nSPS) is 25.9. The van der Waals surface area contributed by atoms with Gasteiger partial charge in [-0.15, -0.1) is 11.8 Å². The number of quaternary nitrogens is 2. The maximum Gasteiger partial charge on any atom is 0.273 e. The van der Waals surface area contributed by atoms with E-state index in [1.165, 1.54) is 22.2 Å². The first-order valence-electron chi connectivity index (χ1n) is 12.3. The zero-order valence-electron chi connectivity index (χ0n) is 19.7. The van der Waals surface area contributed by atoms with Gasteiger partial charge in [-0.25, -0.2) is 0 Å². The highest BCUT2D eigenvalue weighted by atomic mass is 32.2. The highest BCUT2D eigenvalue weighted by Gasteiger charge is 2.61. The second-order valence-corrected chi connectivity index (χ2v) is 10.7. The first-order chi connectivity index (χ1) is 17.2. The predicted molar refractivity (Wildman–Crippen MR) is 138 cm³/mol. The van der Waals surface area contributed by atoms with E-state index in [4.69, 9.17) is 0 Å². The van der Waals surface area contributed by atoms with Gasteiger partial charge in [-0.1, -0.05) is 66.7 Å². The molecule has 2 N–H and O–H groups in total. The molecule has 178 valence electrons.